The molecule has 2 saturated heterocycles. The fourth-order valence-electron chi connectivity index (χ4n) is 5.51. The third kappa shape index (κ3) is 6.89. The van der Waals surface area contributed by atoms with Gasteiger partial charge in [0.2, 0.25) is 15.9 Å². The van der Waals surface area contributed by atoms with E-state index in [2.05, 4.69) is 35.6 Å². The molecule has 5 rings (SSSR count). The van der Waals surface area contributed by atoms with E-state index in [1.807, 2.05) is 0 Å². The number of aromatic nitrogens is 2. The number of aliphatic imine (C=N–C) groups is 1. The van der Waals surface area contributed by atoms with Crippen molar-refractivity contribution in [2.45, 2.75) is 49.1 Å². The first-order valence-electron chi connectivity index (χ1n) is 14.0. The molecule has 1 aromatic heterocycles. The molecule has 0 bridgehead atoms. The summed E-state index contributed by atoms with van der Waals surface area (Å²) < 4.78 is 28.9. The first-order chi connectivity index (χ1) is 20.5. The number of carbonyl (C=O) groups excluding carboxylic acids is 3. The van der Waals surface area contributed by atoms with Gasteiger partial charge in [-0.25, -0.2) is 23.1 Å². The normalized spacial score (nSPS) is 18.6. The molecule has 2 aromatic rings. The second-order valence-electron chi connectivity index (χ2n) is 10.9. The number of benzene rings is 1. The number of hydrogen-bond acceptors (Lipinski definition) is 10. The summed E-state index contributed by atoms with van der Waals surface area (Å²) in [7, 11) is -2.23. The molecule has 3 amide bonds. The Morgan fingerprint density at radius 2 is 1.81 bits per heavy atom. The number of nitrogens with one attached hydrogen (secondary N) is 4. The highest BCUT2D eigenvalue weighted by Crippen LogP contribution is 2.27. The Bertz CT molecular complexity index is 1550. The Balaban J connectivity index is 1.16. The molecule has 0 aliphatic carbocycles. The van der Waals surface area contributed by atoms with Crippen LogP contribution >= 0.6 is 11.6 Å². The fraction of sp³-hybridized carbons (Fsp3) is 0.481. The number of rotatable bonds is 6. The summed E-state index contributed by atoms with van der Waals surface area (Å²) in [5.74, 6) is -0.197. The zero-order valence-electron chi connectivity index (χ0n) is 23.9. The van der Waals surface area contributed by atoms with Gasteiger partial charge in [-0.2, -0.15) is 0 Å². The molecule has 230 valence electrons. The molecule has 4 heterocycles. The molecular weight excluding hydrogens is 598 g/mol. The number of piperidine rings is 2. The van der Waals surface area contributed by atoms with Crippen LogP contribution in [0, 0.1) is 0 Å². The van der Waals surface area contributed by atoms with Crippen LogP contribution < -0.4 is 20.7 Å². The van der Waals surface area contributed by atoms with Gasteiger partial charge in [0.1, 0.15) is 5.15 Å². The molecule has 4 N–H and O–H groups in total. The van der Waals surface area contributed by atoms with Crippen LogP contribution in [0.25, 0.3) is 0 Å². The van der Waals surface area contributed by atoms with Crippen molar-refractivity contribution in [2.24, 2.45) is 4.99 Å². The van der Waals surface area contributed by atoms with Gasteiger partial charge in [-0.1, -0.05) is 17.7 Å². The highest BCUT2D eigenvalue weighted by Gasteiger charge is 2.40. The van der Waals surface area contributed by atoms with Gasteiger partial charge in [-0.15, -0.1) is 0 Å². The quantitative estimate of drug-likeness (QED) is 0.359. The second kappa shape index (κ2) is 12.4. The molecule has 0 unspecified atom stereocenters. The number of halogens is 1. The number of guanidine groups is 1. The molecular formula is C27H34ClN9O5S. The summed E-state index contributed by atoms with van der Waals surface area (Å²) in [5, 5.41) is 8.92. The van der Waals surface area contributed by atoms with Crippen molar-refractivity contribution in [3.63, 3.8) is 0 Å². The van der Waals surface area contributed by atoms with Crippen molar-refractivity contribution < 1.29 is 22.8 Å². The van der Waals surface area contributed by atoms with E-state index in [4.69, 9.17) is 11.6 Å². The fourth-order valence-corrected chi connectivity index (χ4v) is 6.99. The molecule has 0 saturated carbocycles. The summed E-state index contributed by atoms with van der Waals surface area (Å²) in [4.78, 5) is 53.7. The lowest BCUT2D eigenvalue weighted by molar-refractivity contribution is -0.129. The number of likely N-dealkylation sites (tertiary alicyclic amines) is 2. The number of anilines is 1. The minimum Gasteiger partial charge on any atom is -0.371 e. The summed E-state index contributed by atoms with van der Waals surface area (Å²) in [5.41, 5.74) is -0.0892. The summed E-state index contributed by atoms with van der Waals surface area (Å²) >= 11 is 5.91. The first-order valence-corrected chi connectivity index (χ1v) is 15.9. The highest BCUT2D eigenvalue weighted by molar-refractivity contribution is 7.89. The lowest BCUT2D eigenvalue weighted by atomic mass is 9.88. The minimum atomic E-state index is -3.85. The van der Waals surface area contributed by atoms with Gasteiger partial charge < -0.3 is 20.4 Å². The maximum atomic E-state index is 13.4. The number of sulfonamides is 1. The lowest BCUT2D eigenvalue weighted by Gasteiger charge is -2.39. The van der Waals surface area contributed by atoms with E-state index in [1.165, 1.54) is 25.3 Å². The van der Waals surface area contributed by atoms with Gasteiger partial charge in [-0.05, 0) is 43.9 Å². The van der Waals surface area contributed by atoms with Gasteiger partial charge in [0.05, 0.1) is 23.2 Å². The van der Waals surface area contributed by atoms with Crippen LogP contribution in [0.15, 0.2) is 40.4 Å². The first kappa shape index (κ1) is 30.6. The standard InChI is InChI=1S/C27H34ClN9O5S/c1-17(38)36-10-6-19(7-11-36)35-43(41,42)20-5-3-4-18(14-20)25(40)37-12-8-27(9-13-37)16-31-26(34-27)33-24(39)22-23(29-2)30-15-21(28)32-22/h3-5,14-15,19,35H,6-13,16H2,1-2H3,(H,29,30)(H2,31,33,34,39). The molecule has 1 aromatic carbocycles. The van der Waals surface area contributed by atoms with Crippen molar-refractivity contribution in [2.75, 3.05) is 45.1 Å². The molecule has 2 fully saturated rings. The third-order valence-electron chi connectivity index (χ3n) is 8.01. The Morgan fingerprint density at radius 1 is 1.09 bits per heavy atom. The van der Waals surface area contributed by atoms with E-state index in [-0.39, 0.29) is 45.0 Å². The lowest BCUT2D eigenvalue weighted by Crippen LogP contribution is -2.57. The van der Waals surface area contributed by atoms with Crippen molar-refractivity contribution in [3.05, 3.63) is 46.9 Å². The average molecular weight is 632 g/mol. The predicted molar refractivity (Wildman–Crippen MR) is 159 cm³/mol. The van der Waals surface area contributed by atoms with Crippen molar-refractivity contribution in [1.29, 1.82) is 0 Å². The van der Waals surface area contributed by atoms with Crippen LogP contribution in [0.2, 0.25) is 5.15 Å². The third-order valence-corrected chi connectivity index (χ3v) is 9.71. The van der Waals surface area contributed by atoms with E-state index in [0.717, 1.165) is 0 Å². The topological polar surface area (TPSA) is 178 Å². The van der Waals surface area contributed by atoms with Gasteiger partial charge >= 0.3 is 0 Å². The van der Waals surface area contributed by atoms with Crippen LogP contribution in [-0.2, 0) is 14.8 Å². The van der Waals surface area contributed by atoms with Crippen molar-refractivity contribution in [3.8, 4) is 0 Å². The zero-order chi connectivity index (χ0) is 30.8. The van der Waals surface area contributed by atoms with E-state index < -0.39 is 21.5 Å². The molecule has 3 aliphatic heterocycles. The summed E-state index contributed by atoms with van der Waals surface area (Å²) in [6.07, 6.45) is 3.56. The second-order valence-corrected chi connectivity index (χ2v) is 13.0. The van der Waals surface area contributed by atoms with Crippen LogP contribution in [-0.4, -0.2) is 103 Å². The molecule has 0 radical (unpaired) electrons. The smallest absolute Gasteiger partial charge is 0.280 e. The minimum absolute atomic E-state index is 0.0213. The van der Waals surface area contributed by atoms with Gasteiger partial charge in [0.15, 0.2) is 17.5 Å². The largest absolute Gasteiger partial charge is 0.371 e. The number of carbonyl (C=O) groups is 3. The van der Waals surface area contributed by atoms with Gasteiger partial charge in [-0.3, -0.25) is 24.7 Å². The maximum absolute atomic E-state index is 13.4. The molecule has 16 heteroatoms. The molecule has 0 atom stereocenters. The summed E-state index contributed by atoms with van der Waals surface area (Å²) in [6, 6.07) is 5.77. The predicted octanol–water partition coefficient (Wildman–Crippen LogP) is 0.825. The van der Waals surface area contributed by atoms with E-state index in [1.54, 1.807) is 29.0 Å². The zero-order valence-corrected chi connectivity index (χ0v) is 25.5. The SMILES string of the molecule is CNc1ncc(Cl)nc1C(=O)NC1=NCC2(CCN(C(=O)c3cccc(S(=O)(=O)NC4CCN(C(C)=O)CC4)c3)CC2)N1. The van der Waals surface area contributed by atoms with Crippen molar-refractivity contribution in [1.82, 2.24) is 35.1 Å². The van der Waals surface area contributed by atoms with Crippen LogP contribution in [0.3, 0.4) is 0 Å². The molecule has 14 nitrogen and oxygen atoms in total. The monoisotopic (exact) mass is 631 g/mol. The number of nitrogens with zero attached hydrogens (tertiary/aromatic N) is 5. The Kier molecular flexibility index (Phi) is 8.85. The highest BCUT2D eigenvalue weighted by atomic mass is 35.5. The van der Waals surface area contributed by atoms with E-state index in [0.29, 0.717) is 64.4 Å². The van der Waals surface area contributed by atoms with Crippen LogP contribution in [0.5, 0.6) is 0 Å². The van der Waals surface area contributed by atoms with Crippen LogP contribution in [0.4, 0.5) is 5.82 Å². The molecule has 3 aliphatic rings. The average Bonchev–Trinajstić information content (AvgIpc) is 3.38. The van der Waals surface area contributed by atoms with Crippen molar-refractivity contribution >= 4 is 51.1 Å². The van der Waals surface area contributed by atoms with Gasteiger partial charge in [0, 0.05) is 51.8 Å². The Morgan fingerprint density at radius 3 is 2.49 bits per heavy atom. The molecule has 43 heavy (non-hydrogen) atoms. The Labute approximate surface area is 254 Å². The molecule has 1 spiro atoms. The Hall–Kier alpha value is -3.82. The number of amides is 3. The van der Waals surface area contributed by atoms with E-state index in [9.17, 15) is 22.8 Å². The van der Waals surface area contributed by atoms with Gasteiger partial charge in [0.25, 0.3) is 11.8 Å². The summed E-state index contributed by atoms with van der Waals surface area (Å²) in [6.45, 7) is 3.78. The van der Waals surface area contributed by atoms with Crippen LogP contribution in [0.1, 0.15) is 53.5 Å². The van der Waals surface area contributed by atoms with E-state index >= 15 is 0 Å². The number of hydrogen-bond donors (Lipinski definition) is 4. The maximum Gasteiger partial charge on any atom is 0.280 e.